The maximum Gasteiger partial charge on any atom is 0.267 e. The van der Waals surface area contributed by atoms with E-state index in [2.05, 4.69) is 20.6 Å². The first-order valence-electron chi connectivity index (χ1n) is 9.47. The molecule has 0 spiro atoms. The van der Waals surface area contributed by atoms with E-state index in [1.54, 1.807) is 13.8 Å². The van der Waals surface area contributed by atoms with Gasteiger partial charge in [0, 0.05) is 12.0 Å². The van der Waals surface area contributed by atoms with E-state index in [1.807, 2.05) is 61.5 Å². The van der Waals surface area contributed by atoms with Gasteiger partial charge in [0.2, 0.25) is 17.3 Å². The number of hydrogen-bond acceptors (Lipinski definition) is 6. The second kappa shape index (κ2) is 7.50. The Balaban J connectivity index is 1.43. The Labute approximate surface area is 168 Å². The van der Waals surface area contributed by atoms with Crippen molar-refractivity contribution in [2.45, 2.75) is 38.8 Å². The van der Waals surface area contributed by atoms with E-state index in [9.17, 15) is 4.79 Å². The molecule has 1 N–H and O–H groups in total. The topological polar surface area (TPSA) is 89.6 Å². The molecule has 1 aliphatic rings. The first kappa shape index (κ1) is 18.9. The summed E-state index contributed by atoms with van der Waals surface area (Å²) in [5.41, 5.74) is 2.55. The van der Waals surface area contributed by atoms with Crippen LogP contribution in [-0.2, 0) is 9.63 Å². The van der Waals surface area contributed by atoms with E-state index in [0.29, 0.717) is 18.1 Å². The molecule has 2 heterocycles. The van der Waals surface area contributed by atoms with E-state index in [-0.39, 0.29) is 5.91 Å². The van der Waals surface area contributed by atoms with E-state index in [4.69, 9.17) is 9.36 Å². The maximum atomic E-state index is 12.9. The molecule has 0 saturated carbocycles. The molecular weight excluding hydrogens is 368 g/mol. The van der Waals surface area contributed by atoms with Crippen molar-refractivity contribution in [3.63, 3.8) is 0 Å². The Hall–Kier alpha value is -3.48. The molecule has 0 radical (unpaired) electrons. The molecule has 1 aliphatic heterocycles. The van der Waals surface area contributed by atoms with Gasteiger partial charge in [-0.25, -0.2) is 0 Å². The van der Waals surface area contributed by atoms with Gasteiger partial charge < -0.3 is 14.7 Å². The normalized spacial score (nSPS) is 19.3. The van der Waals surface area contributed by atoms with Gasteiger partial charge in [-0.05, 0) is 31.9 Å². The quantitative estimate of drug-likeness (QED) is 0.716. The molecular formula is C22H22N4O3. The molecule has 0 saturated heterocycles. The zero-order chi connectivity index (χ0) is 20.4. The van der Waals surface area contributed by atoms with Crippen molar-refractivity contribution in [2.24, 2.45) is 5.16 Å². The van der Waals surface area contributed by atoms with Gasteiger partial charge in [-0.1, -0.05) is 64.9 Å². The summed E-state index contributed by atoms with van der Waals surface area (Å²) in [5.74, 6) is 0.551. The Morgan fingerprint density at radius 1 is 1.14 bits per heavy atom. The molecule has 0 aliphatic carbocycles. The van der Waals surface area contributed by atoms with Crippen LogP contribution in [0.1, 0.15) is 43.3 Å². The van der Waals surface area contributed by atoms with Crippen molar-refractivity contribution >= 4 is 11.6 Å². The van der Waals surface area contributed by atoms with E-state index < -0.39 is 11.6 Å². The highest BCUT2D eigenvalue weighted by atomic mass is 16.7. The van der Waals surface area contributed by atoms with Gasteiger partial charge in [0.05, 0.1) is 5.71 Å². The lowest BCUT2D eigenvalue weighted by atomic mass is 9.95. The van der Waals surface area contributed by atoms with Gasteiger partial charge in [-0.15, -0.1) is 0 Å². The lowest BCUT2D eigenvalue weighted by Crippen LogP contribution is -2.45. The molecule has 148 valence electrons. The monoisotopic (exact) mass is 390 g/mol. The fourth-order valence-electron chi connectivity index (χ4n) is 3.20. The molecule has 1 amide bonds. The molecule has 1 aromatic heterocycles. The van der Waals surface area contributed by atoms with Crippen LogP contribution < -0.4 is 5.32 Å². The van der Waals surface area contributed by atoms with Crippen LogP contribution in [0.25, 0.3) is 11.4 Å². The predicted octanol–water partition coefficient (Wildman–Crippen LogP) is 3.81. The fraction of sp³-hybridized carbons (Fsp3) is 0.273. The van der Waals surface area contributed by atoms with Gasteiger partial charge >= 0.3 is 0 Å². The van der Waals surface area contributed by atoms with Gasteiger partial charge in [0.1, 0.15) is 6.04 Å². The molecule has 2 aromatic carbocycles. The number of amides is 1. The SMILES string of the molecule is Cc1ccccc1-c1noc(C(C)NC(=O)C2(C)CC(c3ccccc3)=NO2)n1. The number of nitrogens with zero attached hydrogens (tertiary/aromatic N) is 3. The van der Waals surface area contributed by atoms with Crippen LogP contribution in [0.2, 0.25) is 0 Å². The third-order valence-electron chi connectivity index (χ3n) is 5.00. The third-order valence-corrected chi connectivity index (χ3v) is 5.00. The van der Waals surface area contributed by atoms with Crippen molar-refractivity contribution in [3.8, 4) is 11.4 Å². The van der Waals surface area contributed by atoms with E-state index in [0.717, 1.165) is 22.4 Å². The lowest BCUT2D eigenvalue weighted by Gasteiger charge is -2.22. The highest BCUT2D eigenvalue weighted by molar-refractivity contribution is 6.05. The summed E-state index contributed by atoms with van der Waals surface area (Å²) >= 11 is 0. The summed E-state index contributed by atoms with van der Waals surface area (Å²) in [4.78, 5) is 22.8. The number of rotatable bonds is 5. The second-order valence-corrected chi connectivity index (χ2v) is 7.37. The first-order chi connectivity index (χ1) is 14.0. The number of hydrogen-bond donors (Lipinski definition) is 1. The number of aryl methyl sites for hydroxylation is 1. The minimum atomic E-state index is -1.09. The molecule has 3 aromatic rings. The van der Waals surface area contributed by atoms with Gasteiger partial charge in [-0.3, -0.25) is 4.79 Å². The minimum absolute atomic E-state index is 0.282. The molecule has 7 heteroatoms. The number of carbonyl (C=O) groups excluding carboxylic acids is 1. The zero-order valence-electron chi connectivity index (χ0n) is 16.5. The van der Waals surface area contributed by atoms with E-state index >= 15 is 0 Å². The van der Waals surface area contributed by atoms with Crippen LogP contribution in [0, 0.1) is 6.92 Å². The van der Waals surface area contributed by atoms with Gasteiger partial charge in [0.25, 0.3) is 5.91 Å². The summed E-state index contributed by atoms with van der Waals surface area (Å²) in [6, 6.07) is 17.0. The number of oxime groups is 1. The highest BCUT2D eigenvalue weighted by Crippen LogP contribution is 2.28. The molecule has 2 atom stereocenters. The minimum Gasteiger partial charge on any atom is -0.379 e. The maximum absolute atomic E-state index is 12.9. The van der Waals surface area contributed by atoms with Crippen molar-refractivity contribution in [1.82, 2.24) is 15.5 Å². The zero-order valence-corrected chi connectivity index (χ0v) is 16.5. The van der Waals surface area contributed by atoms with Crippen LogP contribution in [-0.4, -0.2) is 27.4 Å². The lowest BCUT2D eigenvalue weighted by molar-refractivity contribution is -0.142. The average Bonchev–Trinajstić information content (AvgIpc) is 3.37. The Morgan fingerprint density at radius 2 is 1.86 bits per heavy atom. The Kier molecular flexibility index (Phi) is 4.88. The summed E-state index contributed by atoms with van der Waals surface area (Å²) in [7, 11) is 0. The van der Waals surface area contributed by atoms with Crippen LogP contribution in [0.15, 0.2) is 64.3 Å². The standard InChI is InChI=1S/C22H22N4O3/c1-14-9-7-8-12-17(14)19-24-20(28-26-19)15(2)23-21(27)22(3)13-18(25-29-22)16-10-5-4-6-11-16/h4-12,15H,13H2,1-3H3,(H,23,27). The summed E-state index contributed by atoms with van der Waals surface area (Å²) in [6.45, 7) is 5.50. The first-order valence-corrected chi connectivity index (χ1v) is 9.47. The van der Waals surface area contributed by atoms with Crippen LogP contribution in [0.3, 0.4) is 0 Å². The number of nitrogens with one attached hydrogen (secondary N) is 1. The smallest absolute Gasteiger partial charge is 0.267 e. The molecule has 0 fully saturated rings. The van der Waals surface area contributed by atoms with Gasteiger partial charge in [0.15, 0.2) is 0 Å². The molecule has 2 unspecified atom stereocenters. The summed E-state index contributed by atoms with van der Waals surface area (Å²) < 4.78 is 5.38. The second-order valence-electron chi connectivity index (χ2n) is 7.37. The number of carbonyl (C=O) groups is 1. The Morgan fingerprint density at radius 3 is 2.62 bits per heavy atom. The van der Waals surface area contributed by atoms with Crippen LogP contribution >= 0.6 is 0 Å². The Bertz CT molecular complexity index is 1060. The average molecular weight is 390 g/mol. The van der Waals surface area contributed by atoms with Crippen molar-refractivity contribution in [2.75, 3.05) is 0 Å². The summed E-state index contributed by atoms with van der Waals surface area (Å²) in [5, 5.41) is 11.1. The van der Waals surface area contributed by atoms with Crippen molar-refractivity contribution in [1.29, 1.82) is 0 Å². The fourth-order valence-corrected chi connectivity index (χ4v) is 3.20. The van der Waals surface area contributed by atoms with E-state index in [1.165, 1.54) is 0 Å². The molecule has 29 heavy (non-hydrogen) atoms. The molecule has 4 rings (SSSR count). The predicted molar refractivity (Wildman–Crippen MR) is 108 cm³/mol. The van der Waals surface area contributed by atoms with Crippen molar-refractivity contribution in [3.05, 3.63) is 71.6 Å². The van der Waals surface area contributed by atoms with Crippen LogP contribution in [0.5, 0.6) is 0 Å². The largest absolute Gasteiger partial charge is 0.379 e. The molecule has 7 nitrogen and oxygen atoms in total. The number of aromatic nitrogens is 2. The number of benzene rings is 2. The van der Waals surface area contributed by atoms with Crippen LogP contribution in [0.4, 0.5) is 0 Å². The highest BCUT2D eigenvalue weighted by Gasteiger charge is 2.43. The third kappa shape index (κ3) is 3.76. The van der Waals surface area contributed by atoms with Crippen molar-refractivity contribution < 1.29 is 14.2 Å². The summed E-state index contributed by atoms with van der Waals surface area (Å²) in [6.07, 6.45) is 0.383. The molecule has 0 bridgehead atoms. The van der Waals surface area contributed by atoms with Gasteiger partial charge in [-0.2, -0.15) is 4.98 Å².